The number of methoxy groups -OCH3 is 2. The Labute approximate surface area is 118 Å². The number of aliphatic hydroxyl groups is 1. The summed E-state index contributed by atoms with van der Waals surface area (Å²) in [4.78, 5) is 10.7. The minimum Gasteiger partial charge on any atom is -0.495 e. The Morgan fingerprint density at radius 1 is 1.30 bits per heavy atom. The molecular formula is C15H19NO4. The predicted molar refractivity (Wildman–Crippen MR) is 75.6 cm³/mol. The van der Waals surface area contributed by atoms with Gasteiger partial charge in [-0.05, 0) is 17.7 Å². The van der Waals surface area contributed by atoms with E-state index in [1.165, 1.54) is 6.92 Å². The summed E-state index contributed by atoms with van der Waals surface area (Å²) in [6.45, 7) is 1.87. The first-order valence-corrected chi connectivity index (χ1v) is 6.21. The van der Waals surface area contributed by atoms with Crippen LogP contribution in [0.1, 0.15) is 24.5 Å². The minimum absolute atomic E-state index is 0.0748. The summed E-state index contributed by atoms with van der Waals surface area (Å²) < 4.78 is 10.5. The summed E-state index contributed by atoms with van der Waals surface area (Å²) in [5, 5.41) is 11.8. The lowest BCUT2D eigenvalue weighted by molar-refractivity contribution is -0.118. The van der Waals surface area contributed by atoms with Crippen LogP contribution in [0.2, 0.25) is 0 Å². The number of benzene rings is 1. The van der Waals surface area contributed by atoms with Gasteiger partial charge < -0.3 is 19.9 Å². The number of carbonyl (C=O) groups excluding carboxylic acids is 1. The normalized spacial score (nSPS) is 9.40. The Morgan fingerprint density at radius 2 is 1.90 bits per heavy atom. The van der Waals surface area contributed by atoms with Gasteiger partial charge in [-0.15, -0.1) is 0 Å². The van der Waals surface area contributed by atoms with Gasteiger partial charge in [-0.3, -0.25) is 4.79 Å². The van der Waals surface area contributed by atoms with Crippen LogP contribution in [0.25, 0.3) is 0 Å². The number of ether oxygens (including phenoxy) is 2. The van der Waals surface area contributed by atoms with Crippen LogP contribution >= 0.6 is 0 Å². The van der Waals surface area contributed by atoms with Crippen molar-refractivity contribution in [2.75, 3.05) is 20.8 Å². The molecule has 0 fully saturated rings. The van der Waals surface area contributed by atoms with Crippen molar-refractivity contribution in [3.05, 3.63) is 23.3 Å². The van der Waals surface area contributed by atoms with E-state index in [-0.39, 0.29) is 12.5 Å². The fraction of sp³-hybridized carbons (Fsp3) is 0.400. The fourth-order valence-electron chi connectivity index (χ4n) is 1.63. The van der Waals surface area contributed by atoms with Gasteiger partial charge in [0.05, 0.1) is 20.8 Å². The van der Waals surface area contributed by atoms with E-state index in [2.05, 4.69) is 17.2 Å². The quantitative estimate of drug-likeness (QED) is 0.624. The Morgan fingerprint density at radius 3 is 2.35 bits per heavy atom. The summed E-state index contributed by atoms with van der Waals surface area (Å²) in [7, 11) is 3.08. The second-order valence-electron chi connectivity index (χ2n) is 4.07. The summed E-state index contributed by atoms with van der Waals surface area (Å²) in [5.41, 5.74) is 1.33. The topological polar surface area (TPSA) is 67.8 Å². The number of rotatable bonds is 5. The number of hydrogen-bond acceptors (Lipinski definition) is 4. The van der Waals surface area contributed by atoms with Crippen LogP contribution in [0.5, 0.6) is 11.5 Å². The lowest BCUT2D eigenvalue weighted by Gasteiger charge is -2.10. The number of hydrogen-bond donors (Lipinski definition) is 2. The average molecular weight is 277 g/mol. The van der Waals surface area contributed by atoms with E-state index in [1.54, 1.807) is 26.4 Å². The van der Waals surface area contributed by atoms with Gasteiger partial charge in [0.15, 0.2) is 0 Å². The fourth-order valence-corrected chi connectivity index (χ4v) is 1.63. The molecule has 0 aliphatic heterocycles. The second-order valence-corrected chi connectivity index (χ2v) is 4.07. The van der Waals surface area contributed by atoms with Gasteiger partial charge in [0.1, 0.15) is 17.1 Å². The summed E-state index contributed by atoms with van der Waals surface area (Å²) in [6, 6.07) is 3.45. The molecule has 0 atom stereocenters. The smallest absolute Gasteiger partial charge is 0.216 e. The molecule has 0 aromatic heterocycles. The second kappa shape index (κ2) is 8.08. The molecule has 0 radical (unpaired) electrons. The molecule has 0 spiro atoms. The van der Waals surface area contributed by atoms with Crippen LogP contribution in [0.15, 0.2) is 12.1 Å². The first-order valence-electron chi connectivity index (χ1n) is 6.21. The predicted octanol–water partition coefficient (Wildman–Crippen LogP) is 1.07. The van der Waals surface area contributed by atoms with E-state index in [0.29, 0.717) is 35.6 Å². The Hall–Kier alpha value is -2.19. The van der Waals surface area contributed by atoms with E-state index in [9.17, 15) is 9.90 Å². The first-order chi connectivity index (χ1) is 9.62. The third-order valence-electron chi connectivity index (χ3n) is 2.59. The summed E-state index contributed by atoms with van der Waals surface area (Å²) in [6.07, 6.45) is 0.535. The molecule has 0 aliphatic rings. The molecule has 0 aliphatic carbocycles. The highest BCUT2D eigenvalue weighted by Crippen LogP contribution is 2.29. The molecule has 0 bridgehead atoms. The lowest BCUT2D eigenvalue weighted by Crippen LogP contribution is -2.20. The number of amides is 1. The Balaban J connectivity index is 2.92. The van der Waals surface area contributed by atoms with Gasteiger partial charge >= 0.3 is 0 Å². The monoisotopic (exact) mass is 277 g/mol. The molecular weight excluding hydrogens is 258 g/mol. The van der Waals surface area contributed by atoms with E-state index in [1.807, 2.05) is 0 Å². The third kappa shape index (κ3) is 4.48. The van der Waals surface area contributed by atoms with Crippen LogP contribution in [0, 0.1) is 11.8 Å². The molecule has 108 valence electrons. The van der Waals surface area contributed by atoms with Crippen LogP contribution < -0.4 is 14.8 Å². The molecule has 1 aromatic rings. The molecule has 1 amide bonds. The lowest BCUT2D eigenvalue weighted by atomic mass is 10.1. The van der Waals surface area contributed by atoms with Crippen molar-refractivity contribution in [3.8, 4) is 23.3 Å². The van der Waals surface area contributed by atoms with Crippen LogP contribution in [0.3, 0.4) is 0 Å². The van der Waals surface area contributed by atoms with Gasteiger partial charge in [0, 0.05) is 19.9 Å². The van der Waals surface area contributed by atoms with Crippen molar-refractivity contribution in [3.63, 3.8) is 0 Å². The van der Waals surface area contributed by atoms with Crippen molar-refractivity contribution in [1.29, 1.82) is 0 Å². The Kier molecular flexibility index (Phi) is 6.41. The highest BCUT2D eigenvalue weighted by Gasteiger charge is 2.10. The number of aliphatic hydroxyl groups excluding tert-OH is 1. The van der Waals surface area contributed by atoms with Gasteiger partial charge in [0.2, 0.25) is 5.91 Å². The highest BCUT2D eigenvalue weighted by molar-refractivity contribution is 5.72. The van der Waals surface area contributed by atoms with E-state index < -0.39 is 0 Å². The standard InChI is InChI=1S/C15H19NO4/c1-11(18)16-7-5-4-6-13-14(19-2)8-12(10-17)9-15(13)20-3/h8-9,17H,5,7,10H2,1-3H3,(H,16,18). The van der Waals surface area contributed by atoms with Crippen molar-refractivity contribution in [1.82, 2.24) is 5.32 Å². The zero-order chi connectivity index (χ0) is 15.0. The largest absolute Gasteiger partial charge is 0.495 e. The third-order valence-corrected chi connectivity index (χ3v) is 2.59. The zero-order valence-corrected chi connectivity index (χ0v) is 11.9. The molecule has 5 heteroatoms. The van der Waals surface area contributed by atoms with Crippen molar-refractivity contribution >= 4 is 5.91 Å². The molecule has 1 rings (SSSR count). The molecule has 20 heavy (non-hydrogen) atoms. The highest BCUT2D eigenvalue weighted by atomic mass is 16.5. The van der Waals surface area contributed by atoms with Gasteiger partial charge in [-0.1, -0.05) is 11.8 Å². The molecule has 1 aromatic carbocycles. The van der Waals surface area contributed by atoms with Gasteiger partial charge in [-0.2, -0.15) is 0 Å². The SMILES string of the molecule is COc1cc(CO)cc(OC)c1C#CCCNC(C)=O. The van der Waals surface area contributed by atoms with Crippen molar-refractivity contribution in [2.45, 2.75) is 20.0 Å². The maximum atomic E-state index is 10.7. The first kappa shape index (κ1) is 15.9. The van der Waals surface area contributed by atoms with E-state index in [4.69, 9.17) is 9.47 Å². The summed E-state index contributed by atoms with van der Waals surface area (Å²) in [5.74, 6) is 6.97. The molecule has 0 saturated heterocycles. The molecule has 0 heterocycles. The van der Waals surface area contributed by atoms with Crippen molar-refractivity contribution < 1.29 is 19.4 Å². The average Bonchev–Trinajstić information content (AvgIpc) is 2.46. The number of nitrogens with one attached hydrogen (secondary N) is 1. The minimum atomic E-state index is -0.0943. The number of carbonyl (C=O) groups is 1. The van der Waals surface area contributed by atoms with Gasteiger partial charge in [-0.25, -0.2) is 0 Å². The summed E-state index contributed by atoms with van der Waals surface area (Å²) >= 11 is 0. The molecule has 2 N–H and O–H groups in total. The maximum Gasteiger partial charge on any atom is 0.216 e. The van der Waals surface area contributed by atoms with E-state index >= 15 is 0 Å². The molecule has 5 nitrogen and oxygen atoms in total. The molecule has 0 unspecified atom stereocenters. The Bertz CT molecular complexity index is 503. The molecule has 0 saturated carbocycles. The van der Waals surface area contributed by atoms with E-state index in [0.717, 1.165) is 0 Å². The maximum absolute atomic E-state index is 10.7. The van der Waals surface area contributed by atoms with Crippen LogP contribution in [-0.4, -0.2) is 31.8 Å². The van der Waals surface area contributed by atoms with Crippen molar-refractivity contribution in [2.24, 2.45) is 0 Å². The zero-order valence-electron chi connectivity index (χ0n) is 11.9. The van der Waals surface area contributed by atoms with Crippen LogP contribution in [-0.2, 0) is 11.4 Å². The van der Waals surface area contributed by atoms with Crippen LogP contribution in [0.4, 0.5) is 0 Å². The van der Waals surface area contributed by atoms with Gasteiger partial charge in [0.25, 0.3) is 0 Å².